The summed E-state index contributed by atoms with van der Waals surface area (Å²) in [6.45, 7) is 12.8. The Balaban J connectivity index is 1.25. The van der Waals surface area contributed by atoms with E-state index in [2.05, 4.69) is 47.3 Å². The maximum atomic E-state index is 5.82. The van der Waals surface area contributed by atoms with Gasteiger partial charge in [-0.05, 0) is 80.2 Å². The van der Waals surface area contributed by atoms with Crippen LogP contribution in [-0.4, -0.2) is 53.3 Å². The molecule has 180 valence electrons. The second-order valence-electron chi connectivity index (χ2n) is 11.5. The summed E-state index contributed by atoms with van der Waals surface area (Å²) in [7, 11) is 0. The number of hydrazine groups is 1. The van der Waals surface area contributed by atoms with E-state index in [0.717, 1.165) is 68.5 Å². The van der Waals surface area contributed by atoms with E-state index < -0.39 is 0 Å². The van der Waals surface area contributed by atoms with Crippen molar-refractivity contribution in [2.45, 2.75) is 65.7 Å². The van der Waals surface area contributed by atoms with Gasteiger partial charge in [-0.15, -0.1) is 0 Å². The van der Waals surface area contributed by atoms with E-state index in [1.807, 2.05) is 11.3 Å². The molecule has 0 radical (unpaired) electrons. The number of fused-ring (bicyclic) bond motifs is 7. The minimum Gasteiger partial charge on any atom is -0.323 e. The van der Waals surface area contributed by atoms with Crippen molar-refractivity contribution in [3.05, 3.63) is 16.6 Å². The van der Waals surface area contributed by atoms with Crippen LogP contribution in [0.15, 0.2) is 11.2 Å². The van der Waals surface area contributed by atoms with Crippen molar-refractivity contribution >= 4 is 27.8 Å². The second kappa shape index (κ2) is 8.06. The lowest BCUT2D eigenvalue weighted by molar-refractivity contribution is 0.0117. The highest BCUT2D eigenvalue weighted by molar-refractivity contribution is 7.16. The minimum atomic E-state index is 0.237. The minimum absolute atomic E-state index is 0.237. The van der Waals surface area contributed by atoms with Crippen LogP contribution in [0.2, 0.25) is 0 Å². The van der Waals surface area contributed by atoms with Crippen LogP contribution in [0.3, 0.4) is 0 Å². The molecule has 5 atom stereocenters. The highest BCUT2D eigenvalue weighted by atomic mass is 32.1. The first-order valence-corrected chi connectivity index (χ1v) is 14.0. The van der Waals surface area contributed by atoms with E-state index >= 15 is 0 Å². The van der Waals surface area contributed by atoms with Gasteiger partial charge in [0.1, 0.15) is 0 Å². The second-order valence-corrected chi connectivity index (χ2v) is 12.5. The Morgan fingerprint density at radius 2 is 1.91 bits per heavy atom. The van der Waals surface area contributed by atoms with Gasteiger partial charge in [-0.25, -0.2) is 9.99 Å². The molecule has 1 aromatic rings. The fraction of sp³-hybridized carbons (Fsp3) is 0.769. The van der Waals surface area contributed by atoms with E-state index in [1.165, 1.54) is 48.4 Å². The van der Waals surface area contributed by atoms with Crippen molar-refractivity contribution in [2.75, 3.05) is 38.1 Å². The van der Waals surface area contributed by atoms with Crippen LogP contribution in [0.1, 0.15) is 69.9 Å². The Kier molecular flexibility index (Phi) is 5.39. The summed E-state index contributed by atoms with van der Waals surface area (Å²) in [6.07, 6.45) is 11.1. The number of hydrazone groups is 1. The van der Waals surface area contributed by atoms with Gasteiger partial charge in [0.15, 0.2) is 5.13 Å². The van der Waals surface area contributed by atoms with Crippen LogP contribution >= 0.6 is 11.3 Å². The first-order valence-electron chi connectivity index (χ1n) is 13.2. The van der Waals surface area contributed by atoms with E-state index in [4.69, 9.17) is 10.8 Å². The summed E-state index contributed by atoms with van der Waals surface area (Å²) in [5, 5.41) is 7.70. The monoisotopic (exact) mass is 468 g/mol. The summed E-state index contributed by atoms with van der Waals surface area (Å²) in [5.74, 6) is 8.12. The van der Waals surface area contributed by atoms with E-state index in [-0.39, 0.29) is 10.8 Å². The Bertz CT molecular complexity index is 975. The number of likely N-dealkylation sites (N-methyl/N-ethyl adjacent to an activating group) is 1. The zero-order chi connectivity index (χ0) is 22.8. The number of anilines is 1. The van der Waals surface area contributed by atoms with Crippen LogP contribution in [-0.2, 0) is 6.42 Å². The standard InChI is InChI=1S/C26H40N6S/c1-4-31-13-15-32(16-14-31)30-24-28-21-10-12-25(2)19-9-11-26(3)18(7-8-22(26)29-27)17(19)5-6-20(25)23(21)33-24/h6,17-19H,4-5,7-16,27H2,1-3H3,(H,28,30)/b29-22+/t17-,18-,19-,25+,26-/m0/s1. The molecule has 0 aromatic carbocycles. The number of thiazole rings is 1. The van der Waals surface area contributed by atoms with Gasteiger partial charge in [-0.3, -0.25) is 5.43 Å². The number of aromatic nitrogens is 1. The third-order valence-electron chi connectivity index (χ3n) is 10.3. The SMILES string of the molecule is CCN1CCN(Nc2nc3c(s2)C2=CC[C@@H]4[C@H](CC[C@]5(C)/C(=N/N)CC[C@@H]45)[C@@]2(C)CC3)CC1. The third kappa shape index (κ3) is 3.33. The predicted octanol–water partition coefficient (Wildman–Crippen LogP) is 4.60. The molecule has 3 N–H and O–H groups in total. The van der Waals surface area contributed by atoms with Gasteiger partial charge in [0.25, 0.3) is 0 Å². The summed E-state index contributed by atoms with van der Waals surface area (Å²) in [4.78, 5) is 9.07. The number of nitrogens with one attached hydrogen (secondary N) is 1. The first kappa shape index (κ1) is 22.1. The molecule has 5 aliphatic rings. The molecule has 0 bridgehead atoms. The lowest BCUT2D eigenvalue weighted by atomic mass is 9.48. The lowest BCUT2D eigenvalue weighted by Gasteiger charge is -2.56. The molecule has 33 heavy (non-hydrogen) atoms. The Morgan fingerprint density at radius 1 is 1.12 bits per heavy atom. The number of rotatable bonds is 3. The number of hydrogen-bond acceptors (Lipinski definition) is 7. The first-order chi connectivity index (χ1) is 16.0. The highest BCUT2D eigenvalue weighted by Gasteiger charge is 2.58. The molecule has 6 rings (SSSR count). The van der Waals surface area contributed by atoms with Crippen LogP contribution < -0.4 is 11.3 Å². The van der Waals surface area contributed by atoms with Gasteiger partial charge in [-0.2, -0.15) is 5.10 Å². The average Bonchev–Trinajstić information content (AvgIpc) is 3.39. The number of allylic oxidation sites excluding steroid dienone is 2. The maximum Gasteiger partial charge on any atom is 0.198 e. The molecule has 3 fully saturated rings. The number of nitrogens with two attached hydrogens (primary N) is 1. The van der Waals surface area contributed by atoms with Crippen LogP contribution in [0, 0.1) is 28.6 Å². The van der Waals surface area contributed by atoms with Crippen LogP contribution in [0.25, 0.3) is 5.57 Å². The fourth-order valence-corrected chi connectivity index (χ4v) is 9.45. The Hall–Kier alpha value is -1.44. The molecule has 0 unspecified atom stereocenters. The maximum absolute atomic E-state index is 5.82. The topological polar surface area (TPSA) is 69.8 Å². The quantitative estimate of drug-likeness (QED) is 0.501. The van der Waals surface area contributed by atoms with Crippen molar-refractivity contribution in [1.29, 1.82) is 0 Å². The largest absolute Gasteiger partial charge is 0.323 e. The number of hydrogen-bond donors (Lipinski definition) is 2. The van der Waals surface area contributed by atoms with Crippen molar-refractivity contribution in [1.82, 2.24) is 14.9 Å². The molecule has 0 spiro atoms. The van der Waals surface area contributed by atoms with Gasteiger partial charge in [0.05, 0.1) is 10.6 Å². The average molecular weight is 469 g/mol. The molecule has 4 aliphatic carbocycles. The lowest BCUT2D eigenvalue weighted by Crippen LogP contribution is -2.49. The molecule has 2 heterocycles. The summed E-state index contributed by atoms with van der Waals surface area (Å²) >= 11 is 1.90. The summed E-state index contributed by atoms with van der Waals surface area (Å²) < 4.78 is 0. The zero-order valence-corrected chi connectivity index (χ0v) is 21.4. The number of aryl methyl sites for hydroxylation is 1. The van der Waals surface area contributed by atoms with E-state index in [9.17, 15) is 0 Å². The number of nitrogens with zero attached hydrogens (tertiary/aromatic N) is 4. The molecule has 2 saturated carbocycles. The van der Waals surface area contributed by atoms with Gasteiger partial charge in [-0.1, -0.05) is 38.2 Å². The smallest absolute Gasteiger partial charge is 0.198 e. The normalized spacial score (nSPS) is 40.0. The van der Waals surface area contributed by atoms with Crippen LogP contribution in [0.4, 0.5) is 5.13 Å². The molecular weight excluding hydrogens is 428 g/mol. The molecule has 1 aromatic heterocycles. The number of piperazine rings is 1. The van der Waals surface area contributed by atoms with Crippen LogP contribution in [0.5, 0.6) is 0 Å². The van der Waals surface area contributed by atoms with Gasteiger partial charge < -0.3 is 10.7 Å². The van der Waals surface area contributed by atoms with Gasteiger partial charge in [0, 0.05) is 37.3 Å². The fourth-order valence-electron chi connectivity index (χ4n) is 8.24. The molecule has 1 saturated heterocycles. The predicted molar refractivity (Wildman–Crippen MR) is 137 cm³/mol. The Morgan fingerprint density at radius 3 is 2.67 bits per heavy atom. The van der Waals surface area contributed by atoms with Crippen molar-refractivity contribution < 1.29 is 0 Å². The van der Waals surface area contributed by atoms with Crippen molar-refractivity contribution in [3.63, 3.8) is 0 Å². The van der Waals surface area contributed by atoms with E-state index in [0.29, 0.717) is 0 Å². The van der Waals surface area contributed by atoms with E-state index in [1.54, 1.807) is 5.57 Å². The molecular formula is C26H40N6S. The molecule has 6 nitrogen and oxygen atoms in total. The third-order valence-corrected chi connectivity index (χ3v) is 11.3. The molecule has 0 amide bonds. The van der Waals surface area contributed by atoms with Gasteiger partial charge >= 0.3 is 0 Å². The van der Waals surface area contributed by atoms with Crippen molar-refractivity contribution in [3.8, 4) is 0 Å². The molecule has 7 heteroatoms. The zero-order valence-electron chi connectivity index (χ0n) is 20.6. The summed E-state index contributed by atoms with van der Waals surface area (Å²) in [5.41, 5.74) is 8.41. The van der Waals surface area contributed by atoms with Crippen molar-refractivity contribution in [2.24, 2.45) is 39.5 Å². The molecule has 1 aliphatic heterocycles. The summed E-state index contributed by atoms with van der Waals surface area (Å²) in [6, 6.07) is 0. The van der Waals surface area contributed by atoms with Gasteiger partial charge in [0.2, 0.25) is 0 Å². The Labute approximate surface area is 202 Å². The highest BCUT2D eigenvalue weighted by Crippen LogP contribution is 2.65.